The van der Waals surface area contributed by atoms with E-state index in [1.807, 2.05) is 52.0 Å². The summed E-state index contributed by atoms with van der Waals surface area (Å²) in [4.78, 5) is 11.8. The molecule has 0 fully saturated rings. The van der Waals surface area contributed by atoms with E-state index >= 15 is 0 Å². The van der Waals surface area contributed by atoms with Crippen LogP contribution in [0.4, 0.5) is 0 Å². The van der Waals surface area contributed by atoms with E-state index in [2.05, 4.69) is 5.32 Å². The van der Waals surface area contributed by atoms with Crippen molar-refractivity contribution in [3.05, 3.63) is 34.9 Å². The number of benzene rings is 1. The van der Waals surface area contributed by atoms with Crippen molar-refractivity contribution in [2.24, 2.45) is 5.92 Å². The Morgan fingerprint density at radius 2 is 1.95 bits per heavy atom. The van der Waals surface area contributed by atoms with Crippen LogP contribution in [0.3, 0.4) is 0 Å². The number of aliphatic hydroxyl groups is 1. The summed E-state index contributed by atoms with van der Waals surface area (Å²) in [5.74, 6) is -0.0522. The van der Waals surface area contributed by atoms with Gasteiger partial charge < -0.3 is 10.4 Å². The number of nitrogens with one attached hydrogen (secondary N) is 1. The van der Waals surface area contributed by atoms with Gasteiger partial charge in [0.25, 0.3) is 0 Å². The summed E-state index contributed by atoms with van der Waals surface area (Å²) in [6.07, 6.45) is -0.463. The third-order valence-corrected chi connectivity index (χ3v) is 3.82. The lowest BCUT2D eigenvalue weighted by Crippen LogP contribution is -2.38. The van der Waals surface area contributed by atoms with Crippen molar-refractivity contribution in [2.45, 2.75) is 45.6 Å². The molecule has 0 bridgehead atoms. The van der Waals surface area contributed by atoms with Crippen LogP contribution in [0.25, 0.3) is 0 Å². The Bertz CT molecular complexity index is 458. The average Bonchev–Trinajstić information content (AvgIpc) is 2.36. The van der Waals surface area contributed by atoms with Crippen molar-refractivity contribution in [3.63, 3.8) is 0 Å². The largest absolute Gasteiger partial charge is 0.392 e. The summed E-state index contributed by atoms with van der Waals surface area (Å²) in [6, 6.07) is 7.65. The molecule has 4 heteroatoms. The molecule has 1 amide bonds. The number of halogens is 1. The van der Waals surface area contributed by atoms with Crippen LogP contribution in [0.2, 0.25) is 5.02 Å². The van der Waals surface area contributed by atoms with Crippen molar-refractivity contribution in [1.29, 1.82) is 0 Å². The highest BCUT2D eigenvalue weighted by Crippen LogP contribution is 2.29. The molecule has 0 spiro atoms. The van der Waals surface area contributed by atoms with Gasteiger partial charge in [0, 0.05) is 17.0 Å². The van der Waals surface area contributed by atoms with Crippen LogP contribution in [-0.4, -0.2) is 23.7 Å². The standard InChI is InChI=1S/C16H24ClNO2/c1-11(2)14(19)9-15(20)18-10-16(3,4)12-7-5-6-8-13(12)17/h5-8,11,14,19H,9-10H2,1-4H3,(H,18,20). The minimum absolute atomic E-state index is 0.0809. The number of amides is 1. The molecule has 20 heavy (non-hydrogen) atoms. The summed E-state index contributed by atoms with van der Waals surface area (Å²) in [7, 11) is 0. The molecule has 1 aromatic rings. The minimum Gasteiger partial charge on any atom is -0.392 e. The second-order valence-corrected chi connectivity index (χ2v) is 6.56. The molecule has 1 rings (SSSR count). The topological polar surface area (TPSA) is 49.3 Å². The van der Waals surface area contributed by atoms with E-state index in [1.165, 1.54) is 0 Å². The molecule has 2 N–H and O–H groups in total. The Morgan fingerprint density at radius 3 is 2.50 bits per heavy atom. The first-order valence-electron chi connectivity index (χ1n) is 6.94. The predicted octanol–water partition coefficient (Wildman–Crippen LogP) is 3.14. The van der Waals surface area contributed by atoms with Gasteiger partial charge in [-0.25, -0.2) is 0 Å². The summed E-state index contributed by atoms with van der Waals surface area (Å²) < 4.78 is 0. The zero-order chi connectivity index (χ0) is 15.3. The van der Waals surface area contributed by atoms with Crippen molar-refractivity contribution in [2.75, 3.05) is 6.54 Å². The van der Waals surface area contributed by atoms with Gasteiger partial charge in [0.1, 0.15) is 0 Å². The first kappa shape index (κ1) is 17.0. The molecule has 0 radical (unpaired) electrons. The van der Waals surface area contributed by atoms with E-state index in [0.717, 1.165) is 5.56 Å². The first-order valence-corrected chi connectivity index (χ1v) is 7.31. The van der Waals surface area contributed by atoms with E-state index in [0.29, 0.717) is 11.6 Å². The fraction of sp³-hybridized carbons (Fsp3) is 0.562. The van der Waals surface area contributed by atoms with Crippen LogP contribution < -0.4 is 5.32 Å². The maximum atomic E-state index is 11.8. The van der Waals surface area contributed by atoms with Gasteiger partial charge in [-0.3, -0.25) is 4.79 Å². The highest BCUT2D eigenvalue weighted by atomic mass is 35.5. The Hall–Kier alpha value is -1.06. The molecule has 0 heterocycles. The second-order valence-electron chi connectivity index (χ2n) is 6.16. The van der Waals surface area contributed by atoms with Crippen LogP contribution in [0.1, 0.15) is 39.7 Å². The third kappa shape index (κ3) is 4.80. The summed E-state index contributed by atoms with van der Waals surface area (Å²) >= 11 is 6.20. The lowest BCUT2D eigenvalue weighted by atomic mass is 9.84. The van der Waals surface area contributed by atoms with Crippen LogP contribution >= 0.6 is 11.6 Å². The van der Waals surface area contributed by atoms with E-state index in [9.17, 15) is 9.90 Å². The molecule has 1 aromatic carbocycles. The van der Waals surface area contributed by atoms with Gasteiger partial charge in [0.05, 0.1) is 12.5 Å². The Balaban J connectivity index is 2.60. The van der Waals surface area contributed by atoms with Crippen molar-refractivity contribution >= 4 is 17.5 Å². The smallest absolute Gasteiger partial charge is 0.222 e. The Labute approximate surface area is 126 Å². The van der Waals surface area contributed by atoms with E-state index < -0.39 is 6.10 Å². The number of hydrogen-bond acceptors (Lipinski definition) is 2. The molecular formula is C16H24ClNO2. The number of carbonyl (C=O) groups excluding carboxylic acids is 1. The Morgan fingerprint density at radius 1 is 1.35 bits per heavy atom. The summed E-state index contributed by atoms with van der Waals surface area (Å²) in [5, 5.41) is 13.3. The normalized spacial score (nSPS) is 13.3. The SMILES string of the molecule is CC(C)C(O)CC(=O)NCC(C)(C)c1ccccc1Cl. The van der Waals surface area contributed by atoms with Crippen LogP contribution in [0, 0.1) is 5.92 Å². The maximum absolute atomic E-state index is 11.8. The lowest BCUT2D eigenvalue weighted by molar-refractivity contribution is -0.123. The molecule has 0 saturated carbocycles. The molecule has 3 nitrogen and oxygen atoms in total. The zero-order valence-corrected chi connectivity index (χ0v) is 13.4. The van der Waals surface area contributed by atoms with Gasteiger partial charge in [-0.2, -0.15) is 0 Å². The van der Waals surface area contributed by atoms with Gasteiger partial charge in [-0.1, -0.05) is 57.5 Å². The van der Waals surface area contributed by atoms with Gasteiger partial charge >= 0.3 is 0 Å². The molecule has 0 aromatic heterocycles. The quantitative estimate of drug-likeness (QED) is 0.847. The fourth-order valence-corrected chi connectivity index (χ4v) is 2.31. The van der Waals surface area contributed by atoms with Crippen molar-refractivity contribution in [1.82, 2.24) is 5.32 Å². The van der Waals surface area contributed by atoms with Crippen molar-refractivity contribution < 1.29 is 9.90 Å². The highest BCUT2D eigenvalue weighted by Gasteiger charge is 2.24. The van der Waals surface area contributed by atoms with Crippen LogP contribution in [0.15, 0.2) is 24.3 Å². The summed E-state index contributed by atoms with van der Waals surface area (Å²) in [6.45, 7) is 8.35. The third-order valence-electron chi connectivity index (χ3n) is 3.49. The number of hydrogen-bond donors (Lipinski definition) is 2. The predicted molar refractivity (Wildman–Crippen MR) is 82.9 cm³/mol. The molecular weight excluding hydrogens is 274 g/mol. The molecule has 0 aliphatic carbocycles. The van der Waals surface area contributed by atoms with Gasteiger partial charge in [0.15, 0.2) is 0 Å². The molecule has 0 aliphatic rings. The lowest BCUT2D eigenvalue weighted by Gasteiger charge is -2.27. The van der Waals surface area contributed by atoms with Crippen LogP contribution in [0.5, 0.6) is 0 Å². The summed E-state index contributed by atoms with van der Waals surface area (Å²) in [5.41, 5.74) is 0.753. The second kappa shape index (κ2) is 7.09. The van der Waals surface area contributed by atoms with Crippen LogP contribution in [-0.2, 0) is 10.2 Å². The van der Waals surface area contributed by atoms with Crippen molar-refractivity contribution in [3.8, 4) is 0 Å². The number of rotatable bonds is 6. The zero-order valence-electron chi connectivity index (χ0n) is 12.6. The Kier molecular flexibility index (Phi) is 6.03. The van der Waals surface area contributed by atoms with Gasteiger partial charge in [-0.05, 0) is 17.5 Å². The molecule has 0 aliphatic heterocycles. The monoisotopic (exact) mass is 297 g/mol. The number of aliphatic hydroxyl groups excluding tert-OH is 1. The first-order chi connectivity index (χ1) is 9.24. The van der Waals surface area contributed by atoms with Gasteiger partial charge in [-0.15, -0.1) is 0 Å². The minimum atomic E-state index is -0.599. The molecule has 1 unspecified atom stereocenters. The average molecular weight is 298 g/mol. The van der Waals surface area contributed by atoms with E-state index in [-0.39, 0.29) is 23.7 Å². The van der Waals surface area contributed by atoms with Gasteiger partial charge in [0.2, 0.25) is 5.91 Å². The highest BCUT2D eigenvalue weighted by molar-refractivity contribution is 6.31. The molecule has 0 saturated heterocycles. The van der Waals surface area contributed by atoms with E-state index in [4.69, 9.17) is 11.6 Å². The fourth-order valence-electron chi connectivity index (χ4n) is 1.92. The molecule has 1 atom stereocenters. The number of carbonyl (C=O) groups is 1. The molecule has 112 valence electrons. The maximum Gasteiger partial charge on any atom is 0.222 e. The van der Waals surface area contributed by atoms with E-state index in [1.54, 1.807) is 0 Å².